The molecule has 0 radical (unpaired) electrons. The largest absolute Gasteiger partial charge is 0.344 e. The lowest BCUT2D eigenvalue weighted by Gasteiger charge is -2.25. The summed E-state index contributed by atoms with van der Waals surface area (Å²) in [7, 11) is 0. The Morgan fingerprint density at radius 1 is 1.41 bits per heavy atom. The molecule has 2 aromatic rings. The Labute approximate surface area is 125 Å². The van der Waals surface area contributed by atoms with Crippen LogP contribution in [0.4, 0.5) is 0 Å². The maximum absolute atomic E-state index is 12.1. The molecule has 0 aliphatic heterocycles. The number of amides is 1. The van der Waals surface area contributed by atoms with Crippen molar-refractivity contribution in [2.45, 2.75) is 12.5 Å². The van der Waals surface area contributed by atoms with Gasteiger partial charge in [-0.15, -0.1) is 22.7 Å². The second kappa shape index (κ2) is 5.38. The monoisotopic (exact) mass is 395 g/mol. The van der Waals surface area contributed by atoms with Gasteiger partial charge in [-0.3, -0.25) is 4.79 Å². The van der Waals surface area contributed by atoms with E-state index in [0.717, 1.165) is 15.5 Å². The molecule has 6 heteroatoms. The second-order valence-electron chi connectivity index (χ2n) is 4.04. The van der Waals surface area contributed by atoms with Gasteiger partial charge in [0, 0.05) is 20.1 Å². The molecule has 0 saturated heterocycles. The van der Waals surface area contributed by atoms with Crippen molar-refractivity contribution in [3.63, 3.8) is 0 Å². The van der Waals surface area contributed by atoms with Gasteiger partial charge in [0.1, 0.15) is 0 Å². The van der Waals surface area contributed by atoms with E-state index in [2.05, 4.69) is 43.2 Å². The van der Waals surface area contributed by atoms with Crippen molar-refractivity contribution in [1.82, 2.24) is 5.32 Å². The van der Waals surface area contributed by atoms with Gasteiger partial charge in [-0.25, -0.2) is 0 Å². The van der Waals surface area contributed by atoms with E-state index in [0.29, 0.717) is 0 Å². The predicted octanol–water partition coefficient (Wildman–Crippen LogP) is 4.24. The third-order valence-electron chi connectivity index (χ3n) is 2.37. The van der Waals surface area contributed by atoms with Crippen LogP contribution in [0.25, 0.3) is 9.40 Å². The third-order valence-corrected chi connectivity index (χ3v) is 6.94. The van der Waals surface area contributed by atoms with E-state index >= 15 is 0 Å². The summed E-state index contributed by atoms with van der Waals surface area (Å²) in [5, 5.41) is 6.53. The number of hydrogen-bond acceptors (Lipinski definition) is 3. The van der Waals surface area contributed by atoms with Gasteiger partial charge in [0.15, 0.2) is 0 Å². The van der Waals surface area contributed by atoms with Crippen molar-refractivity contribution in [1.29, 1.82) is 0 Å². The first kappa shape index (κ1) is 13.5. The summed E-state index contributed by atoms with van der Waals surface area (Å²) in [6.07, 6.45) is 0. The number of rotatable bonds is 4. The first-order chi connectivity index (χ1) is 8.08. The zero-order valence-corrected chi connectivity index (χ0v) is 13.9. The van der Waals surface area contributed by atoms with Crippen LogP contribution < -0.4 is 5.32 Å². The van der Waals surface area contributed by atoms with Crippen LogP contribution in [-0.2, 0) is 0 Å². The Morgan fingerprint density at radius 2 is 2.12 bits per heavy atom. The number of hydrogen-bond donors (Lipinski definition) is 1. The normalized spacial score (nSPS) is 11.9. The molecule has 0 saturated carbocycles. The second-order valence-corrected chi connectivity index (χ2v) is 7.19. The van der Waals surface area contributed by atoms with Gasteiger partial charge in [0.2, 0.25) is 0 Å². The number of carbonyl (C=O) groups excluding carboxylic acids is 1. The quantitative estimate of drug-likeness (QED) is 0.769. The summed E-state index contributed by atoms with van der Waals surface area (Å²) >= 11 is 10.1. The first-order valence-corrected chi connectivity index (χ1v) is 8.93. The summed E-state index contributed by atoms with van der Waals surface area (Å²) < 4.78 is 2.36. The fourth-order valence-corrected chi connectivity index (χ4v) is 4.53. The Kier molecular flexibility index (Phi) is 4.28. The molecule has 0 bridgehead atoms. The number of alkyl halides is 2. The number of nitrogens with one attached hydrogen (secondary N) is 1. The molecule has 0 aliphatic rings. The Bertz CT molecular complexity index is 502. The van der Waals surface area contributed by atoms with Crippen molar-refractivity contribution in [3.05, 3.63) is 22.4 Å². The van der Waals surface area contributed by atoms with E-state index < -0.39 is 0 Å². The minimum Gasteiger partial charge on any atom is -0.344 e. The number of thiophene rings is 2. The fourth-order valence-electron chi connectivity index (χ4n) is 1.32. The predicted molar refractivity (Wildman–Crippen MR) is 83.2 cm³/mol. The van der Waals surface area contributed by atoms with Gasteiger partial charge in [-0.1, -0.05) is 31.9 Å². The van der Waals surface area contributed by atoms with E-state index in [1.54, 1.807) is 22.7 Å². The van der Waals surface area contributed by atoms with Crippen molar-refractivity contribution in [2.24, 2.45) is 0 Å². The van der Waals surface area contributed by atoms with Crippen molar-refractivity contribution in [3.8, 4) is 0 Å². The van der Waals surface area contributed by atoms with E-state index in [-0.39, 0.29) is 11.4 Å². The highest BCUT2D eigenvalue weighted by Gasteiger charge is 2.25. The maximum Gasteiger partial charge on any atom is 0.261 e. The van der Waals surface area contributed by atoms with Gasteiger partial charge in [0.05, 0.1) is 10.4 Å². The molecule has 0 unspecified atom stereocenters. The van der Waals surface area contributed by atoms with E-state index in [1.165, 1.54) is 9.40 Å². The minimum atomic E-state index is -0.255. The van der Waals surface area contributed by atoms with Crippen LogP contribution >= 0.6 is 54.5 Å². The minimum absolute atomic E-state index is 0.000185. The lowest BCUT2D eigenvalue weighted by molar-refractivity contribution is 0.0927. The van der Waals surface area contributed by atoms with Crippen molar-refractivity contribution in [2.75, 3.05) is 10.7 Å². The van der Waals surface area contributed by atoms with Crippen LogP contribution in [0.15, 0.2) is 17.5 Å². The standard InChI is InChI=1S/C11H11Br2NOS2/c1-11(5-12,6-13)14-10(15)9-4-8-7(17-9)2-3-16-8/h2-4H,5-6H2,1H3,(H,14,15). The average molecular weight is 397 g/mol. The summed E-state index contributed by atoms with van der Waals surface area (Å²) in [5.74, 6) is -0.000185. The molecule has 2 rings (SSSR count). The molecular formula is C11H11Br2NOS2. The molecule has 2 aromatic heterocycles. The number of halogens is 2. The Morgan fingerprint density at radius 3 is 2.71 bits per heavy atom. The van der Waals surface area contributed by atoms with Gasteiger partial charge in [0.25, 0.3) is 5.91 Å². The highest BCUT2D eigenvalue weighted by molar-refractivity contribution is 9.09. The van der Waals surface area contributed by atoms with Crippen LogP contribution in [0.1, 0.15) is 16.6 Å². The van der Waals surface area contributed by atoms with Crippen LogP contribution in [0.3, 0.4) is 0 Å². The maximum atomic E-state index is 12.1. The van der Waals surface area contributed by atoms with E-state index in [4.69, 9.17) is 0 Å². The van der Waals surface area contributed by atoms with Crippen LogP contribution in [0.2, 0.25) is 0 Å². The van der Waals surface area contributed by atoms with Crippen LogP contribution in [0.5, 0.6) is 0 Å². The van der Waals surface area contributed by atoms with Crippen LogP contribution in [-0.4, -0.2) is 22.1 Å². The third kappa shape index (κ3) is 2.92. The number of fused-ring (bicyclic) bond motifs is 1. The molecule has 0 fully saturated rings. The first-order valence-electron chi connectivity index (χ1n) is 4.99. The molecule has 0 aromatic carbocycles. The summed E-state index contributed by atoms with van der Waals surface area (Å²) in [6, 6.07) is 4.01. The van der Waals surface area contributed by atoms with Crippen molar-refractivity contribution < 1.29 is 4.79 Å². The molecule has 17 heavy (non-hydrogen) atoms. The lowest BCUT2D eigenvalue weighted by atomic mass is 10.1. The SMILES string of the molecule is CC(CBr)(CBr)NC(=O)c1cc2sccc2s1. The summed E-state index contributed by atoms with van der Waals surface area (Å²) in [5.41, 5.74) is -0.255. The molecule has 92 valence electrons. The Balaban J connectivity index is 2.18. The fraction of sp³-hybridized carbons (Fsp3) is 0.364. The topological polar surface area (TPSA) is 29.1 Å². The molecule has 2 heterocycles. The zero-order chi connectivity index (χ0) is 12.5. The highest BCUT2D eigenvalue weighted by Crippen LogP contribution is 2.30. The molecular weight excluding hydrogens is 386 g/mol. The van der Waals surface area contributed by atoms with E-state index in [1.807, 2.05) is 18.4 Å². The number of carbonyl (C=O) groups is 1. The molecule has 0 aliphatic carbocycles. The zero-order valence-electron chi connectivity index (χ0n) is 9.13. The average Bonchev–Trinajstić information content (AvgIpc) is 2.88. The van der Waals surface area contributed by atoms with Gasteiger partial charge >= 0.3 is 0 Å². The molecule has 2 nitrogen and oxygen atoms in total. The molecule has 0 spiro atoms. The van der Waals surface area contributed by atoms with E-state index in [9.17, 15) is 4.79 Å². The molecule has 0 atom stereocenters. The summed E-state index contributed by atoms with van der Waals surface area (Å²) in [6.45, 7) is 2.00. The van der Waals surface area contributed by atoms with Gasteiger partial charge < -0.3 is 5.32 Å². The Hall–Kier alpha value is 0.0900. The van der Waals surface area contributed by atoms with Gasteiger partial charge in [-0.2, -0.15) is 0 Å². The lowest BCUT2D eigenvalue weighted by Crippen LogP contribution is -2.48. The molecule has 1 amide bonds. The molecule has 1 N–H and O–H groups in total. The van der Waals surface area contributed by atoms with Crippen molar-refractivity contribution >= 4 is 69.8 Å². The smallest absolute Gasteiger partial charge is 0.261 e. The van der Waals surface area contributed by atoms with Crippen LogP contribution in [0, 0.1) is 0 Å². The highest BCUT2D eigenvalue weighted by atomic mass is 79.9. The summed E-state index contributed by atoms with van der Waals surface area (Å²) in [4.78, 5) is 12.9. The van der Waals surface area contributed by atoms with Gasteiger partial charge in [-0.05, 0) is 24.4 Å².